The van der Waals surface area contributed by atoms with Crippen molar-refractivity contribution in [3.05, 3.63) is 63.4 Å². The van der Waals surface area contributed by atoms with Gasteiger partial charge in [-0.3, -0.25) is 11.3 Å². The molecule has 3 N–H and O–H groups in total. The van der Waals surface area contributed by atoms with Crippen molar-refractivity contribution in [2.75, 3.05) is 7.11 Å². The molecule has 0 radical (unpaired) electrons. The molecular formula is C16H18BrFN2O. The van der Waals surface area contributed by atoms with Crippen LogP contribution in [0.3, 0.4) is 0 Å². The first-order valence-corrected chi connectivity index (χ1v) is 7.38. The fraction of sp³-hybridized carbons (Fsp3) is 0.250. The second kappa shape index (κ2) is 7.02. The van der Waals surface area contributed by atoms with Gasteiger partial charge in [0.15, 0.2) is 0 Å². The van der Waals surface area contributed by atoms with Crippen LogP contribution in [0.25, 0.3) is 0 Å². The van der Waals surface area contributed by atoms with E-state index in [2.05, 4.69) is 27.4 Å². The van der Waals surface area contributed by atoms with E-state index < -0.39 is 0 Å². The number of rotatable bonds is 5. The highest BCUT2D eigenvalue weighted by Gasteiger charge is 2.15. The fourth-order valence-corrected chi connectivity index (χ4v) is 2.82. The van der Waals surface area contributed by atoms with E-state index in [0.29, 0.717) is 10.9 Å². The molecule has 112 valence electrons. The number of methoxy groups -OCH3 is 1. The number of hydrogen-bond acceptors (Lipinski definition) is 3. The van der Waals surface area contributed by atoms with Crippen LogP contribution in [0.1, 0.15) is 22.7 Å². The molecule has 0 fully saturated rings. The van der Waals surface area contributed by atoms with Crippen LogP contribution in [0.4, 0.5) is 4.39 Å². The van der Waals surface area contributed by atoms with E-state index in [1.54, 1.807) is 7.11 Å². The summed E-state index contributed by atoms with van der Waals surface area (Å²) in [6.07, 6.45) is 0.608. The van der Waals surface area contributed by atoms with Crippen molar-refractivity contribution in [1.29, 1.82) is 0 Å². The first-order valence-electron chi connectivity index (χ1n) is 6.59. The van der Waals surface area contributed by atoms with Crippen LogP contribution in [0.2, 0.25) is 0 Å². The number of benzene rings is 2. The first kappa shape index (κ1) is 15.9. The average Bonchev–Trinajstić information content (AvgIpc) is 2.43. The molecule has 5 heteroatoms. The molecule has 0 aliphatic heterocycles. The van der Waals surface area contributed by atoms with Crippen LogP contribution >= 0.6 is 15.9 Å². The zero-order chi connectivity index (χ0) is 15.4. The summed E-state index contributed by atoms with van der Waals surface area (Å²) >= 11 is 3.30. The third kappa shape index (κ3) is 4.03. The summed E-state index contributed by atoms with van der Waals surface area (Å²) in [6.45, 7) is 2.02. The Kier molecular flexibility index (Phi) is 5.33. The Morgan fingerprint density at radius 2 is 2.05 bits per heavy atom. The molecule has 21 heavy (non-hydrogen) atoms. The molecular weight excluding hydrogens is 335 g/mol. The van der Waals surface area contributed by atoms with Crippen LogP contribution in [-0.2, 0) is 6.42 Å². The Balaban J connectivity index is 2.32. The van der Waals surface area contributed by atoms with Crippen molar-refractivity contribution < 1.29 is 9.13 Å². The van der Waals surface area contributed by atoms with Gasteiger partial charge in [0, 0.05) is 4.47 Å². The highest BCUT2D eigenvalue weighted by atomic mass is 79.9. The third-order valence-electron chi connectivity index (χ3n) is 3.35. The highest BCUT2D eigenvalue weighted by molar-refractivity contribution is 9.10. The summed E-state index contributed by atoms with van der Waals surface area (Å²) in [6, 6.07) is 10.5. The topological polar surface area (TPSA) is 47.3 Å². The van der Waals surface area contributed by atoms with Crippen LogP contribution in [0, 0.1) is 12.7 Å². The van der Waals surface area contributed by atoms with Crippen molar-refractivity contribution in [2.24, 2.45) is 5.84 Å². The van der Waals surface area contributed by atoms with Crippen molar-refractivity contribution in [1.82, 2.24) is 5.43 Å². The molecule has 0 saturated carbocycles. The summed E-state index contributed by atoms with van der Waals surface area (Å²) < 4.78 is 19.6. The predicted molar refractivity (Wildman–Crippen MR) is 85.6 cm³/mol. The summed E-state index contributed by atoms with van der Waals surface area (Å²) in [5, 5.41) is 0. The van der Waals surface area contributed by atoms with Crippen LogP contribution < -0.4 is 16.0 Å². The number of nitrogens with one attached hydrogen (secondary N) is 1. The lowest BCUT2D eigenvalue weighted by Crippen LogP contribution is -2.29. The first-order chi connectivity index (χ1) is 10.0. The van der Waals surface area contributed by atoms with Crippen molar-refractivity contribution >= 4 is 15.9 Å². The monoisotopic (exact) mass is 352 g/mol. The highest BCUT2D eigenvalue weighted by Crippen LogP contribution is 2.27. The van der Waals surface area contributed by atoms with Gasteiger partial charge in [-0.15, -0.1) is 0 Å². The molecule has 0 bridgehead atoms. The standard InChI is InChI=1S/C16H18BrFN2O/c1-10-3-4-16(21-2)12(5-10)8-15(20-19)11-6-13(17)9-14(18)7-11/h3-7,9,15,20H,8,19H2,1-2H3. The zero-order valence-electron chi connectivity index (χ0n) is 12.0. The van der Waals surface area contributed by atoms with Gasteiger partial charge in [0.25, 0.3) is 0 Å². The summed E-state index contributed by atoms with van der Waals surface area (Å²) in [4.78, 5) is 0. The summed E-state index contributed by atoms with van der Waals surface area (Å²) in [5.41, 5.74) is 5.70. The maximum absolute atomic E-state index is 13.5. The molecule has 0 spiro atoms. The second-order valence-corrected chi connectivity index (χ2v) is 5.86. The fourth-order valence-electron chi connectivity index (χ4n) is 2.34. The predicted octanol–water partition coefficient (Wildman–Crippen LogP) is 3.65. The molecule has 2 rings (SSSR count). The van der Waals surface area contributed by atoms with E-state index in [1.807, 2.05) is 25.1 Å². The molecule has 2 aromatic carbocycles. The average molecular weight is 353 g/mol. The Labute approximate surface area is 132 Å². The third-order valence-corrected chi connectivity index (χ3v) is 3.81. The lowest BCUT2D eigenvalue weighted by Gasteiger charge is -2.19. The molecule has 0 heterocycles. The minimum atomic E-state index is -0.296. The molecule has 0 aliphatic rings. The smallest absolute Gasteiger partial charge is 0.124 e. The van der Waals surface area contributed by atoms with Gasteiger partial charge in [-0.1, -0.05) is 33.6 Å². The Bertz CT molecular complexity index is 613. The van der Waals surface area contributed by atoms with Gasteiger partial charge in [-0.05, 0) is 48.7 Å². The number of hydrogen-bond donors (Lipinski definition) is 2. The van der Waals surface area contributed by atoms with Gasteiger partial charge in [0.05, 0.1) is 13.2 Å². The minimum absolute atomic E-state index is 0.201. The van der Waals surface area contributed by atoms with E-state index in [0.717, 1.165) is 22.4 Å². The van der Waals surface area contributed by atoms with Gasteiger partial charge >= 0.3 is 0 Å². The van der Waals surface area contributed by atoms with Gasteiger partial charge in [-0.2, -0.15) is 0 Å². The largest absolute Gasteiger partial charge is 0.496 e. The number of hydrazine groups is 1. The zero-order valence-corrected chi connectivity index (χ0v) is 13.6. The molecule has 2 aromatic rings. The quantitative estimate of drug-likeness (QED) is 0.637. The van der Waals surface area contributed by atoms with E-state index >= 15 is 0 Å². The minimum Gasteiger partial charge on any atom is -0.496 e. The van der Waals surface area contributed by atoms with Gasteiger partial charge in [0.1, 0.15) is 11.6 Å². The van der Waals surface area contributed by atoms with Gasteiger partial charge in [0.2, 0.25) is 0 Å². The van der Waals surface area contributed by atoms with Crippen LogP contribution in [-0.4, -0.2) is 7.11 Å². The molecule has 1 atom stereocenters. The number of nitrogens with two attached hydrogens (primary N) is 1. The summed E-state index contributed by atoms with van der Waals surface area (Å²) in [7, 11) is 1.64. The van der Waals surface area contributed by atoms with E-state index in [-0.39, 0.29) is 11.9 Å². The van der Waals surface area contributed by atoms with Gasteiger partial charge in [-0.25, -0.2) is 4.39 Å². The molecule has 1 unspecified atom stereocenters. The molecule has 0 aliphatic carbocycles. The van der Waals surface area contributed by atoms with Crippen molar-refractivity contribution in [3.8, 4) is 5.75 Å². The normalized spacial score (nSPS) is 12.2. The Morgan fingerprint density at radius 1 is 1.29 bits per heavy atom. The van der Waals surface area contributed by atoms with E-state index in [1.165, 1.54) is 12.1 Å². The number of aryl methyl sites for hydroxylation is 1. The Morgan fingerprint density at radius 3 is 2.67 bits per heavy atom. The SMILES string of the molecule is COc1ccc(C)cc1CC(NN)c1cc(F)cc(Br)c1. The van der Waals surface area contributed by atoms with Gasteiger partial charge < -0.3 is 4.74 Å². The lowest BCUT2D eigenvalue weighted by atomic mass is 9.97. The maximum Gasteiger partial charge on any atom is 0.124 e. The van der Waals surface area contributed by atoms with Crippen LogP contribution in [0.5, 0.6) is 5.75 Å². The van der Waals surface area contributed by atoms with Crippen molar-refractivity contribution in [3.63, 3.8) is 0 Å². The van der Waals surface area contributed by atoms with Crippen LogP contribution in [0.15, 0.2) is 40.9 Å². The number of halogens is 2. The molecule has 0 saturated heterocycles. The lowest BCUT2D eigenvalue weighted by molar-refractivity contribution is 0.405. The molecule has 0 aromatic heterocycles. The second-order valence-electron chi connectivity index (χ2n) is 4.94. The van der Waals surface area contributed by atoms with Crippen molar-refractivity contribution in [2.45, 2.75) is 19.4 Å². The molecule has 3 nitrogen and oxygen atoms in total. The molecule has 0 amide bonds. The number of ether oxygens (including phenoxy) is 1. The van der Waals surface area contributed by atoms with E-state index in [9.17, 15) is 4.39 Å². The van der Waals surface area contributed by atoms with E-state index in [4.69, 9.17) is 10.6 Å². The summed E-state index contributed by atoms with van der Waals surface area (Å²) in [5.74, 6) is 6.16. The Hall–Kier alpha value is -1.43. The maximum atomic E-state index is 13.5.